The number of aromatic nitrogens is 2. The summed E-state index contributed by atoms with van der Waals surface area (Å²) in [6, 6.07) is 7.79. The zero-order valence-electron chi connectivity index (χ0n) is 15.1. The highest BCUT2D eigenvalue weighted by Gasteiger charge is 2.11. The highest BCUT2D eigenvalue weighted by atomic mass is 16.5. The van der Waals surface area contributed by atoms with Crippen LogP contribution in [0.4, 0.5) is 11.5 Å². The van der Waals surface area contributed by atoms with E-state index < -0.39 is 0 Å². The van der Waals surface area contributed by atoms with E-state index in [0.717, 1.165) is 49.5 Å². The number of rotatable bonds is 11. The molecule has 0 spiro atoms. The minimum Gasteiger partial charge on any atom is -0.492 e. The molecule has 0 bridgehead atoms. The second kappa shape index (κ2) is 11.0. The molecule has 0 aliphatic carbocycles. The Morgan fingerprint density at radius 3 is 2.81 bits per heavy atom. The largest absolute Gasteiger partial charge is 0.492 e. The number of hydroxylamine groups is 1. The Labute approximate surface area is 154 Å². The van der Waals surface area contributed by atoms with Crippen molar-refractivity contribution in [1.29, 1.82) is 0 Å². The smallest absolute Gasteiger partial charge is 0.243 e. The number of pyridine rings is 2. The Bertz CT molecular complexity index is 667. The van der Waals surface area contributed by atoms with Gasteiger partial charge in [0.05, 0.1) is 24.7 Å². The van der Waals surface area contributed by atoms with E-state index >= 15 is 0 Å². The predicted molar refractivity (Wildman–Crippen MR) is 99.7 cm³/mol. The first-order valence-corrected chi connectivity index (χ1v) is 8.94. The number of ether oxygens (including phenoxy) is 1. The van der Waals surface area contributed by atoms with Crippen LogP contribution in [0.25, 0.3) is 0 Å². The fourth-order valence-corrected chi connectivity index (χ4v) is 2.65. The molecule has 26 heavy (non-hydrogen) atoms. The maximum absolute atomic E-state index is 11.0. The van der Waals surface area contributed by atoms with Crippen molar-refractivity contribution in [1.82, 2.24) is 15.4 Å². The van der Waals surface area contributed by atoms with Crippen LogP contribution in [0.15, 0.2) is 42.9 Å². The molecule has 0 aromatic carbocycles. The van der Waals surface area contributed by atoms with Gasteiger partial charge in [0, 0.05) is 25.2 Å². The average molecular weight is 358 g/mol. The second-order valence-electron chi connectivity index (χ2n) is 5.85. The molecular formula is C19H26N4O3. The molecule has 2 heterocycles. The van der Waals surface area contributed by atoms with Crippen LogP contribution in [-0.4, -0.2) is 34.2 Å². The van der Waals surface area contributed by atoms with Crippen LogP contribution in [0.5, 0.6) is 5.75 Å². The predicted octanol–water partition coefficient (Wildman–Crippen LogP) is 3.47. The lowest BCUT2D eigenvalue weighted by molar-refractivity contribution is -0.129. The summed E-state index contributed by atoms with van der Waals surface area (Å²) in [5.41, 5.74) is 2.60. The molecule has 2 aromatic rings. The van der Waals surface area contributed by atoms with Crippen molar-refractivity contribution in [2.75, 3.05) is 18.1 Å². The number of carbonyl (C=O) groups is 1. The van der Waals surface area contributed by atoms with Gasteiger partial charge in [-0.2, -0.15) is 0 Å². The van der Waals surface area contributed by atoms with Gasteiger partial charge in [0.1, 0.15) is 11.6 Å². The third-order valence-corrected chi connectivity index (χ3v) is 3.91. The highest BCUT2D eigenvalue weighted by Crippen LogP contribution is 2.26. The van der Waals surface area contributed by atoms with E-state index in [1.807, 2.05) is 37.4 Å². The topological polar surface area (TPSA) is 87.6 Å². The summed E-state index contributed by atoms with van der Waals surface area (Å²) >= 11 is 0. The molecule has 7 nitrogen and oxygen atoms in total. The Balaban J connectivity index is 1.97. The number of anilines is 2. The van der Waals surface area contributed by atoms with Gasteiger partial charge >= 0.3 is 0 Å². The number of nitrogens with zero attached hydrogens (tertiary/aromatic N) is 3. The van der Waals surface area contributed by atoms with Gasteiger partial charge in [0.25, 0.3) is 0 Å². The fourth-order valence-electron chi connectivity index (χ4n) is 2.65. The van der Waals surface area contributed by atoms with Crippen molar-refractivity contribution in [3.63, 3.8) is 0 Å². The van der Waals surface area contributed by atoms with Crippen LogP contribution in [0, 0.1) is 0 Å². The number of nitrogens with one attached hydrogen (secondary N) is 1. The average Bonchev–Trinajstić information content (AvgIpc) is 2.68. The summed E-state index contributed by atoms with van der Waals surface area (Å²) in [5.74, 6) is 1.27. The lowest BCUT2D eigenvalue weighted by Crippen LogP contribution is -2.20. The zero-order valence-corrected chi connectivity index (χ0v) is 15.1. The van der Waals surface area contributed by atoms with Gasteiger partial charge in [-0.05, 0) is 31.9 Å². The lowest BCUT2D eigenvalue weighted by Gasteiger charge is -2.24. The van der Waals surface area contributed by atoms with E-state index in [0.29, 0.717) is 13.0 Å². The SMILES string of the molecule is CCOc1cncc(N(CCCCCCC(=O)NO)c2ccccn2)c1. The molecule has 0 fully saturated rings. The van der Waals surface area contributed by atoms with Crippen LogP contribution < -0.4 is 15.1 Å². The monoisotopic (exact) mass is 358 g/mol. The summed E-state index contributed by atoms with van der Waals surface area (Å²) in [7, 11) is 0. The summed E-state index contributed by atoms with van der Waals surface area (Å²) in [6.45, 7) is 3.33. The maximum atomic E-state index is 11.0. The van der Waals surface area contributed by atoms with Gasteiger partial charge in [0.2, 0.25) is 5.91 Å². The van der Waals surface area contributed by atoms with Crippen molar-refractivity contribution in [3.05, 3.63) is 42.9 Å². The first-order chi connectivity index (χ1) is 12.7. The van der Waals surface area contributed by atoms with E-state index in [-0.39, 0.29) is 5.91 Å². The Morgan fingerprint density at radius 1 is 1.23 bits per heavy atom. The van der Waals surface area contributed by atoms with Gasteiger partial charge in [-0.3, -0.25) is 15.0 Å². The van der Waals surface area contributed by atoms with Crippen molar-refractivity contribution >= 4 is 17.4 Å². The van der Waals surface area contributed by atoms with Crippen molar-refractivity contribution in [3.8, 4) is 5.75 Å². The van der Waals surface area contributed by atoms with Gasteiger partial charge < -0.3 is 9.64 Å². The van der Waals surface area contributed by atoms with Crippen LogP contribution >= 0.6 is 0 Å². The van der Waals surface area contributed by atoms with E-state index in [4.69, 9.17) is 9.94 Å². The Morgan fingerprint density at radius 2 is 2.08 bits per heavy atom. The maximum Gasteiger partial charge on any atom is 0.243 e. The summed E-state index contributed by atoms with van der Waals surface area (Å²) < 4.78 is 5.56. The van der Waals surface area contributed by atoms with E-state index in [2.05, 4.69) is 14.9 Å². The van der Waals surface area contributed by atoms with E-state index in [9.17, 15) is 4.79 Å². The van der Waals surface area contributed by atoms with Gasteiger partial charge in [-0.15, -0.1) is 0 Å². The lowest BCUT2D eigenvalue weighted by atomic mass is 10.1. The van der Waals surface area contributed by atoms with E-state index in [1.54, 1.807) is 17.9 Å². The molecule has 2 rings (SSSR count). The normalized spacial score (nSPS) is 10.4. The molecule has 140 valence electrons. The standard InChI is InChI=1S/C19H26N4O3/c1-2-26-17-13-16(14-20-15-17)23(18-9-6-7-11-21-18)12-8-4-3-5-10-19(24)22-25/h6-7,9,11,13-15,25H,2-5,8,10,12H2,1H3,(H,22,24). The van der Waals surface area contributed by atoms with Crippen LogP contribution in [0.1, 0.15) is 39.0 Å². The highest BCUT2D eigenvalue weighted by molar-refractivity contribution is 5.74. The number of amides is 1. The fraction of sp³-hybridized carbons (Fsp3) is 0.421. The van der Waals surface area contributed by atoms with Gasteiger partial charge in [-0.1, -0.05) is 18.9 Å². The Hall–Kier alpha value is -2.67. The van der Waals surface area contributed by atoms with Crippen molar-refractivity contribution < 1.29 is 14.7 Å². The quantitative estimate of drug-likeness (QED) is 0.363. The first-order valence-electron chi connectivity index (χ1n) is 8.94. The third-order valence-electron chi connectivity index (χ3n) is 3.91. The van der Waals surface area contributed by atoms with Gasteiger partial charge in [-0.25, -0.2) is 10.5 Å². The number of carbonyl (C=O) groups excluding carboxylic acids is 1. The molecule has 0 atom stereocenters. The minimum absolute atomic E-state index is 0.334. The Kier molecular flexibility index (Phi) is 8.35. The molecule has 0 aliphatic rings. The van der Waals surface area contributed by atoms with Gasteiger partial charge in [0.15, 0.2) is 0 Å². The molecule has 0 saturated heterocycles. The number of hydrogen-bond donors (Lipinski definition) is 2. The number of hydrogen-bond acceptors (Lipinski definition) is 6. The molecule has 2 aromatic heterocycles. The summed E-state index contributed by atoms with van der Waals surface area (Å²) in [4.78, 5) is 21.9. The molecule has 0 unspecified atom stereocenters. The second-order valence-corrected chi connectivity index (χ2v) is 5.85. The zero-order chi connectivity index (χ0) is 18.6. The molecule has 0 saturated carbocycles. The molecule has 1 amide bonds. The molecule has 2 N–H and O–H groups in total. The summed E-state index contributed by atoms with van der Waals surface area (Å²) in [6.07, 6.45) is 9.27. The number of unbranched alkanes of at least 4 members (excludes halogenated alkanes) is 3. The van der Waals surface area contributed by atoms with Crippen LogP contribution in [0.3, 0.4) is 0 Å². The third kappa shape index (κ3) is 6.33. The molecule has 7 heteroatoms. The molecule has 0 aliphatic heterocycles. The van der Waals surface area contributed by atoms with Crippen molar-refractivity contribution in [2.24, 2.45) is 0 Å². The molecular weight excluding hydrogens is 332 g/mol. The first kappa shape index (κ1) is 19.7. The van der Waals surface area contributed by atoms with Crippen LogP contribution in [-0.2, 0) is 4.79 Å². The molecule has 0 radical (unpaired) electrons. The van der Waals surface area contributed by atoms with Crippen LogP contribution in [0.2, 0.25) is 0 Å². The summed E-state index contributed by atoms with van der Waals surface area (Å²) in [5, 5.41) is 8.49. The van der Waals surface area contributed by atoms with Crippen molar-refractivity contribution in [2.45, 2.75) is 39.0 Å². The van der Waals surface area contributed by atoms with E-state index in [1.165, 1.54) is 0 Å². The minimum atomic E-state index is -0.334.